The fraction of sp³-hybridized carbons (Fsp3) is 0.125. The van der Waals surface area contributed by atoms with Crippen molar-refractivity contribution in [3.05, 3.63) is 107 Å². The molecule has 5 rings (SSSR count). The Bertz CT molecular complexity index is 1090. The molecule has 3 aromatic rings. The Kier molecular flexibility index (Phi) is 4.41. The minimum absolute atomic E-state index is 0.0712. The van der Waals surface area contributed by atoms with Crippen LogP contribution in [0.5, 0.6) is 0 Å². The number of benzene rings is 2. The number of carbonyl (C=O) groups excluding carboxylic acids is 1. The Morgan fingerprint density at radius 3 is 2.34 bits per heavy atom. The number of pyridine rings is 1. The summed E-state index contributed by atoms with van der Waals surface area (Å²) in [5.74, 6) is 0.562. The molecule has 142 valence electrons. The van der Waals surface area contributed by atoms with Crippen LogP contribution in [0.25, 0.3) is 0 Å². The van der Waals surface area contributed by atoms with Crippen molar-refractivity contribution in [1.29, 1.82) is 0 Å². The third kappa shape index (κ3) is 3.01. The molecule has 1 atom stereocenters. The number of aromatic nitrogens is 1. The van der Waals surface area contributed by atoms with Gasteiger partial charge in [-0.3, -0.25) is 14.7 Å². The SMILES string of the molecule is O=C1C2=C(C(c3ccccc3)=NCCN2)[C@@H](c2ccccc2)N1c1ccccn1. The van der Waals surface area contributed by atoms with E-state index in [2.05, 4.69) is 22.4 Å². The zero-order valence-electron chi connectivity index (χ0n) is 15.8. The fourth-order valence-electron chi connectivity index (χ4n) is 4.00. The molecule has 0 radical (unpaired) electrons. The van der Waals surface area contributed by atoms with Crippen molar-refractivity contribution in [2.24, 2.45) is 4.99 Å². The minimum atomic E-state index is -0.293. The van der Waals surface area contributed by atoms with Crippen molar-refractivity contribution in [1.82, 2.24) is 10.3 Å². The van der Waals surface area contributed by atoms with Crippen LogP contribution in [0.15, 0.2) is 101 Å². The van der Waals surface area contributed by atoms with Gasteiger partial charge in [-0.1, -0.05) is 66.7 Å². The number of aliphatic imine (C=N–C) groups is 1. The molecule has 5 heteroatoms. The molecule has 2 aliphatic rings. The summed E-state index contributed by atoms with van der Waals surface area (Å²) in [7, 11) is 0. The first kappa shape index (κ1) is 17.4. The summed E-state index contributed by atoms with van der Waals surface area (Å²) in [6, 6.07) is 25.5. The highest BCUT2D eigenvalue weighted by atomic mass is 16.2. The number of rotatable bonds is 3. The zero-order valence-corrected chi connectivity index (χ0v) is 15.8. The van der Waals surface area contributed by atoms with E-state index in [1.807, 2.05) is 66.7 Å². The second-order valence-corrected chi connectivity index (χ2v) is 6.99. The number of amides is 1. The van der Waals surface area contributed by atoms with E-state index < -0.39 is 0 Å². The number of nitrogens with zero attached hydrogens (tertiary/aromatic N) is 3. The summed E-state index contributed by atoms with van der Waals surface area (Å²) < 4.78 is 0. The van der Waals surface area contributed by atoms with Crippen LogP contribution < -0.4 is 10.2 Å². The molecule has 2 aromatic carbocycles. The molecular formula is C24H20N4O. The molecule has 0 spiro atoms. The van der Waals surface area contributed by atoms with Crippen LogP contribution in [0.1, 0.15) is 17.2 Å². The fourth-order valence-corrected chi connectivity index (χ4v) is 4.00. The lowest BCUT2D eigenvalue weighted by Gasteiger charge is -2.27. The maximum Gasteiger partial charge on any atom is 0.276 e. The summed E-state index contributed by atoms with van der Waals surface area (Å²) in [4.78, 5) is 24.7. The number of carbonyl (C=O) groups is 1. The van der Waals surface area contributed by atoms with Crippen molar-refractivity contribution in [3.63, 3.8) is 0 Å². The van der Waals surface area contributed by atoms with Crippen LogP contribution in [-0.4, -0.2) is 29.7 Å². The molecule has 1 N–H and O–H groups in total. The van der Waals surface area contributed by atoms with Gasteiger partial charge in [-0.2, -0.15) is 0 Å². The largest absolute Gasteiger partial charge is 0.378 e. The van der Waals surface area contributed by atoms with Crippen molar-refractivity contribution >= 4 is 17.4 Å². The highest BCUT2D eigenvalue weighted by Gasteiger charge is 2.44. The van der Waals surface area contributed by atoms with Crippen LogP contribution in [0.4, 0.5) is 5.82 Å². The Labute approximate surface area is 169 Å². The van der Waals surface area contributed by atoms with Crippen molar-refractivity contribution in [2.75, 3.05) is 18.0 Å². The summed E-state index contributed by atoms with van der Waals surface area (Å²) in [5, 5.41) is 3.34. The van der Waals surface area contributed by atoms with Crippen LogP contribution in [0, 0.1) is 0 Å². The number of anilines is 1. The Hall–Kier alpha value is -3.73. The molecule has 2 aliphatic heterocycles. The lowest BCUT2D eigenvalue weighted by atomic mass is 9.91. The van der Waals surface area contributed by atoms with Crippen LogP contribution in [0.3, 0.4) is 0 Å². The molecular weight excluding hydrogens is 360 g/mol. The monoisotopic (exact) mass is 380 g/mol. The van der Waals surface area contributed by atoms with E-state index >= 15 is 0 Å². The molecule has 1 amide bonds. The molecule has 29 heavy (non-hydrogen) atoms. The Balaban J connectivity index is 1.73. The molecule has 0 fully saturated rings. The standard InChI is InChI=1S/C24H20N4O/c29-24-22-20(21(26-15-16-27-22)17-9-3-1-4-10-17)23(18-11-5-2-6-12-18)28(24)19-13-7-8-14-25-19/h1-14,23,27H,15-16H2/t23-/m1/s1. The van der Waals surface area contributed by atoms with Gasteiger partial charge < -0.3 is 5.32 Å². The molecule has 0 saturated heterocycles. The quantitative estimate of drug-likeness (QED) is 0.756. The van der Waals surface area contributed by atoms with Gasteiger partial charge >= 0.3 is 0 Å². The number of nitrogens with one attached hydrogen (secondary N) is 1. The average Bonchev–Trinajstić information content (AvgIpc) is 2.93. The third-order valence-corrected chi connectivity index (χ3v) is 5.23. The van der Waals surface area contributed by atoms with Gasteiger partial charge in [0.1, 0.15) is 11.5 Å². The topological polar surface area (TPSA) is 57.6 Å². The van der Waals surface area contributed by atoms with E-state index in [9.17, 15) is 4.79 Å². The summed E-state index contributed by atoms with van der Waals surface area (Å²) in [5.41, 5.74) is 4.44. The smallest absolute Gasteiger partial charge is 0.276 e. The summed E-state index contributed by atoms with van der Waals surface area (Å²) in [6.45, 7) is 1.24. The van der Waals surface area contributed by atoms with Gasteiger partial charge in [0.2, 0.25) is 0 Å². The average molecular weight is 380 g/mol. The van der Waals surface area contributed by atoms with E-state index in [4.69, 9.17) is 4.99 Å². The van der Waals surface area contributed by atoms with Crippen LogP contribution in [0.2, 0.25) is 0 Å². The van der Waals surface area contributed by atoms with E-state index in [1.54, 1.807) is 11.1 Å². The predicted molar refractivity (Wildman–Crippen MR) is 114 cm³/mol. The summed E-state index contributed by atoms with van der Waals surface area (Å²) in [6.07, 6.45) is 1.72. The zero-order chi connectivity index (χ0) is 19.6. The normalized spacial score (nSPS) is 18.8. The van der Waals surface area contributed by atoms with E-state index in [0.717, 1.165) is 22.4 Å². The minimum Gasteiger partial charge on any atom is -0.378 e. The second-order valence-electron chi connectivity index (χ2n) is 6.99. The molecule has 1 aromatic heterocycles. The van der Waals surface area contributed by atoms with Crippen LogP contribution in [-0.2, 0) is 4.79 Å². The van der Waals surface area contributed by atoms with Crippen LogP contribution >= 0.6 is 0 Å². The third-order valence-electron chi connectivity index (χ3n) is 5.23. The van der Waals surface area contributed by atoms with E-state index in [1.165, 1.54) is 0 Å². The molecule has 0 bridgehead atoms. The van der Waals surface area contributed by atoms with Gasteiger partial charge in [0, 0.05) is 23.9 Å². The lowest BCUT2D eigenvalue weighted by molar-refractivity contribution is -0.115. The van der Waals surface area contributed by atoms with Crippen molar-refractivity contribution < 1.29 is 4.79 Å². The molecule has 0 saturated carbocycles. The van der Waals surface area contributed by atoms with Gasteiger partial charge in [-0.05, 0) is 17.7 Å². The molecule has 3 heterocycles. The first-order valence-corrected chi connectivity index (χ1v) is 9.72. The molecule has 0 aliphatic carbocycles. The Morgan fingerprint density at radius 2 is 1.62 bits per heavy atom. The van der Waals surface area contributed by atoms with E-state index in [-0.39, 0.29) is 11.9 Å². The maximum absolute atomic E-state index is 13.6. The van der Waals surface area contributed by atoms with Gasteiger partial charge in [0.25, 0.3) is 5.91 Å². The van der Waals surface area contributed by atoms with E-state index in [0.29, 0.717) is 24.6 Å². The highest BCUT2D eigenvalue weighted by Crippen LogP contribution is 2.41. The summed E-state index contributed by atoms with van der Waals surface area (Å²) >= 11 is 0. The number of hydrogen-bond acceptors (Lipinski definition) is 4. The highest BCUT2D eigenvalue weighted by molar-refractivity contribution is 6.23. The predicted octanol–water partition coefficient (Wildman–Crippen LogP) is 3.52. The lowest BCUT2D eigenvalue weighted by Crippen LogP contribution is -2.34. The maximum atomic E-state index is 13.6. The molecule has 5 nitrogen and oxygen atoms in total. The van der Waals surface area contributed by atoms with Crippen molar-refractivity contribution in [2.45, 2.75) is 6.04 Å². The van der Waals surface area contributed by atoms with Gasteiger partial charge in [-0.15, -0.1) is 0 Å². The van der Waals surface area contributed by atoms with Gasteiger partial charge in [-0.25, -0.2) is 4.98 Å². The first-order chi connectivity index (χ1) is 14.3. The number of hydrogen-bond donors (Lipinski definition) is 1. The molecule has 0 unspecified atom stereocenters. The first-order valence-electron chi connectivity index (χ1n) is 9.72. The van der Waals surface area contributed by atoms with Gasteiger partial charge in [0.05, 0.1) is 18.3 Å². The van der Waals surface area contributed by atoms with Gasteiger partial charge in [0.15, 0.2) is 0 Å². The Morgan fingerprint density at radius 1 is 0.897 bits per heavy atom. The van der Waals surface area contributed by atoms with Crippen molar-refractivity contribution in [3.8, 4) is 0 Å². The second kappa shape index (κ2) is 7.36.